The minimum absolute atomic E-state index is 0.859. The second kappa shape index (κ2) is 8.13. The molecule has 0 bridgehead atoms. The summed E-state index contributed by atoms with van der Waals surface area (Å²) in [5, 5.41) is 3.67. The van der Waals surface area contributed by atoms with Crippen molar-refractivity contribution < 1.29 is 4.74 Å². The zero-order valence-electron chi connectivity index (χ0n) is 12.0. The van der Waals surface area contributed by atoms with Crippen molar-refractivity contribution in [2.45, 2.75) is 51.5 Å². The Kier molecular flexibility index (Phi) is 6.46. The summed E-state index contributed by atoms with van der Waals surface area (Å²) >= 11 is 0. The highest BCUT2D eigenvalue weighted by atomic mass is 16.5. The largest absolute Gasteiger partial charge is 0.380 e. The first kappa shape index (κ1) is 14.3. The van der Waals surface area contributed by atoms with Gasteiger partial charge in [-0.25, -0.2) is 0 Å². The SMILES string of the molecule is CCCCOCCN1CCCC(CNC2CC2)C1. The molecule has 18 heavy (non-hydrogen) atoms. The van der Waals surface area contributed by atoms with Crippen molar-refractivity contribution in [3.63, 3.8) is 0 Å². The van der Waals surface area contributed by atoms with Crippen LogP contribution in [0.15, 0.2) is 0 Å². The van der Waals surface area contributed by atoms with Crippen molar-refractivity contribution in [3.05, 3.63) is 0 Å². The number of hydrogen-bond donors (Lipinski definition) is 1. The summed E-state index contributed by atoms with van der Waals surface area (Å²) in [7, 11) is 0. The molecule has 1 unspecified atom stereocenters. The summed E-state index contributed by atoms with van der Waals surface area (Å²) in [6.07, 6.45) is 8.02. The normalized spacial score (nSPS) is 25.5. The Balaban J connectivity index is 1.51. The van der Waals surface area contributed by atoms with Gasteiger partial charge in [-0.2, -0.15) is 0 Å². The van der Waals surface area contributed by atoms with Crippen molar-refractivity contribution in [2.24, 2.45) is 5.92 Å². The Bertz CT molecular complexity index is 219. The smallest absolute Gasteiger partial charge is 0.0593 e. The minimum atomic E-state index is 0.859. The molecule has 0 amide bonds. The fraction of sp³-hybridized carbons (Fsp3) is 1.00. The fourth-order valence-corrected chi connectivity index (χ4v) is 2.68. The molecule has 0 aromatic rings. The molecule has 2 aliphatic rings. The van der Waals surface area contributed by atoms with Crippen LogP contribution in [0.3, 0.4) is 0 Å². The summed E-state index contributed by atoms with van der Waals surface area (Å²) in [5.41, 5.74) is 0. The predicted molar refractivity (Wildman–Crippen MR) is 75.9 cm³/mol. The van der Waals surface area contributed by atoms with Crippen LogP contribution in [-0.4, -0.2) is 50.3 Å². The zero-order chi connectivity index (χ0) is 12.6. The maximum Gasteiger partial charge on any atom is 0.0593 e. The topological polar surface area (TPSA) is 24.5 Å². The van der Waals surface area contributed by atoms with Gasteiger partial charge in [0.1, 0.15) is 0 Å². The summed E-state index contributed by atoms with van der Waals surface area (Å²) in [5.74, 6) is 0.870. The Hall–Kier alpha value is -0.120. The molecule has 0 aromatic carbocycles. The van der Waals surface area contributed by atoms with E-state index < -0.39 is 0 Å². The van der Waals surface area contributed by atoms with Crippen molar-refractivity contribution in [3.8, 4) is 0 Å². The third-order valence-corrected chi connectivity index (χ3v) is 4.07. The minimum Gasteiger partial charge on any atom is -0.380 e. The Labute approximate surface area is 112 Å². The van der Waals surface area contributed by atoms with Crippen LogP contribution in [0.25, 0.3) is 0 Å². The van der Waals surface area contributed by atoms with E-state index in [1.54, 1.807) is 0 Å². The van der Waals surface area contributed by atoms with Crippen molar-refractivity contribution in [2.75, 3.05) is 39.4 Å². The van der Waals surface area contributed by atoms with Crippen molar-refractivity contribution in [1.82, 2.24) is 10.2 Å². The van der Waals surface area contributed by atoms with Crippen LogP contribution >= 0.6 is 0 Å². The van der Waals surface area contributed by atoms with Gasteiger partial charge in [0.25, 0.3) is 0 Å². The van der Waals surface area contributed by atoms with Crippen LogP contribution in [0.2, 0.25) is 0 Å². The third kappa shape index (κ3) is 5.68. The molecule has 1 saturated carbocycles. The van der Waals surface area contributed by atoms with Crippen molar-refractivity contribution in [1.29, 1.82) is 0 Å². The quantitative estimate of drug-likeness (QED) is 0.639. The van der Waals surface area contributed by atoms with Gasteiger partial charge in [0.2, 0.25) is 0 Å². The number of piperidine rings is 1. The molecule has 0 aromatic heterocycles. The number of hydrogen-bond acceptors (Lipinski definition) is 3. The van der Waals surface area contributed by atoms with E-state index >= 15 is 0 Å². The number of rotatable bonds is 9. The highest BCUT2D eigenvalue weighted by molar-refractivity contribution is 4.83. The van der Waals surface area contributed by atoms with E-state index in [0.29, 0.717) is 0 Å². The molecule has 2 rings (SSSR count). The molecule has 1 atom stereocenters. The lowest BCUT2D eigenvalue weighted by atomic mass is 9.98. The first-order valence-corrected chi connectivity index (χ1v) is 7.92. The Morgan fingerprint density at radius 3 is 2.89 bits per heavy atom. The summed E-state index contributed by atoms with van der Waals surface area (Å²) < 4.78 is 5.66. The molecule has 1 saturated heterocycles. The Morgan fingerprint density at radius 2 is 2.11 bits per heavy atom. The summed E-state index contributed by atoms with van der Waals surface area (Å²) in [6.45, 7) is 8.99. The van der Waals surface area contributed by atoms with Gasteiger partial charge in [-0.3, -0.25) is 0 Å². The lowest BCUT2D eigenvalue weighted by molar-refractivity contribution is 0.0832. The maximum absolute atomic E-state index is 5.66. The van der Waals surface area contributed by atoms with E-state index in [-0.39, 0.29) is 0 Å². The average molecular weight is 254 g/mol. The maximum atomic E-state index is 5.66. The molecule has 1 aliphatic carbocycles. The third-order valence-electron chi connectivity index (χ3n) is 4.07. The average Bonchev–Trinajstić information content (AvgIpc) is 3.21. The van der Waals surface area contributed by atoms with E-state index in [2.05, 4.69) is 17.1 Å². The van der Waals surface area contributed by atoms with E-state index in [1.165, 1.54) is 58.2 Å². The van der Waals surface area contributed by atoms with Crippen LogP contribution < -0.4 is 5.32 Å². The molecule has 1 aliphatic heterocycles. The number of unbranched alkanes of at least 4 members (excludes halogenated alkanes) is 1. The van der Waals surface area contributed by atoms with Crippen LogP contribution in [-0.2, 0) is 4.74 Å². The molecular formula is C15H30N2O. The number of ether oxygens (including phenoxy) is 1. The van der Waals surface area contributed by atoms with Gasteiger partial charge in [0, 0.05) is 25.7 Å². The van der Waals surface area contributed by atoms with Crippen LogP contribution in [0, 0.1) is 5.92 Å². The monoisotopic (exact) mass is 254 g/mol. The first-order chi connectivity index (χ1) is 8.88. The summed E-state index contributed by atoms with van der Waals surface area (Å²) in [6, 6.07) is 0.859. The lowest BCUT2D eigenvalue weighted by Crippen LogP contribution is -2.41. The Morgan fingerprint density at radius 1 is 1.22 bits per heavy atom. The van der Waals surface area contributed by atoms with E-state index in [4.69, 9.17) is 4.74 Å². The van der Waals surface area contributed by atoms with E-state index in [9.17, 15) is 0 Å². The lowest BCUT2D eigenvalue weighted by Gasteiger charge is -2.32. The summed E-state index contributed by atoms with van der Waals surface area (Å²) in [4.78, 5) is 2.59. The molecule has 106 valence electrons. The number of nitrogens with one attached hydrogen (secondary N) is 1. The molecular weight excluding hydrogens is 224 g/mol. The van der Waals surface area contributed by atoms with Gasteiger partial charge in [-0.15, -0.1) is 0 Å². The second-order valence-corrected chi connectivity index (χ2v) is 5.96. The van der Waals surface area contributed by atoms with E-state index in [1.807, 2.05) is 0 Å². The molecule has 3 nitrogen and oxygen atoms in total. The first-order valence-electron chi connectivity index (χ1n) is 7.92. The van der Waals surface area contributed by atoms with Gasteiger partial charge < -0.3 is 15.0 Å². The number of nitrogens with zero attached hydrogens (tertiary/aromatic N) is 1. The molecule has 1 heterocycles. The molecule has 3 heteroatoms. The van der Waals surface area contributed by atoms with Crippen molar-refractivity contribution >= 4 is 0 Å². The van der Waals surface area contributed by atoms with Gasteiger partial charge >= 0.3 is 0 Å². The molecule has 0 radical (unpaired) electrons. The number of likely N-dealkylation sites (tertiary alicyclic amines) is 1. The zero-order valence-corrected chi connectivity index (χ0v) is 12.0. The van der Waals surface area contributed by atoms with Crippen LogP contribution in [0.5, 0.6) is 0 Å². The van der Waals surface area contributed by atoms with Crippen LogP contribution in [0.4, 0.5) is 0 Å². The molecule has 0 spiro atoms. The molecule has 1 N–H and O–H groups in total. The highest BCUT2D eigenvalue weighted by Gasteiger charge is 2.24. The predicted octanol–water partition coefficient (Wildman–Crippen LogP) is 2.27. The second-order valence-electron chi connectivity index (χ2n) is 5.96. The van der Waals surface area contributed by atoms with Gasteiger partial charge in [0.05, 0.1) is 6.61 Å². The standard InChI is InChI=1S/C15H30N2O/c1-2-3-10-18-11-9-17-8-4-5-14(13-17)12-16-15-6-7-15/h14-16H,2-13H2,1H3. The fourth-order valence-electron chi connectivity index (χ4n) is 2.68. The van der Waals surface area contributed by atoms with Gasteiger partial charge in [-0.05, 0) is 51.1 Å². The van der Waals surface area contributed by atoms with Gasteiger partial charge in [-0.1, -0.05) is 13.3 Å². The van der Waals surface area contributed by atoms with E-state index in [0.717, 1.165) is 31.7 Å². The van der Waals surface area contributed by atoms with Crippen LogP contribution in [0.1, 0.15) is 45.4 Å². The molecule has 2 fully saturated rings. The van der Waals surface area contributed by atoms with Gasteiger partial charge in [0.15, 0.2) is 0 Å². The highest BCUT2D eigenvalue weighted by Crippen LogP contribution is 2.21.